The Bertz CT molecular complexity index is 826. The van der Waals surface area contributed by atoms with Crippen molar-refractivity contribution in [1.82, 2.24) is 0 Å². The molecule has 27 heavy (non-hydrogen) atoms. The van der Waals surface area contributed by atoms with Crippen molar-refractivity contribution in [2.75, 3.05) is 5.32 Å². The Morgan fingerprint density at radius 2 is 1.93 bits per heavy atom. The van der Waals surface area contributed by atoms with E-state index in [1.807, 2.05) is 12.2 Å². The lowest BCUT2D eigenvalue weighted by atomic mass is 9.72. The van der Waals surface area contributed by atoms with Gasteiger partial charge in [0.2, 0.25) is 5.91 Å². The highest BCUT2D eigenvalue weighted by molar-refractivity contribution is 7.16. The molecule has 3 rings (SSSR count). The second-order valence-corrected chi connectivity index (χ2v) is 9.71. The number of amides is 1. The van der Waals surface area contributed by atoms with Gasteiger partial charge in [0.25, 0.3) is 0 Å². The molecule has 2 N–H and O–H groups in total. The summed E-state index contributed by atoms with van der Waals surface area (Å²) < 4.78 is 0. The Balaban J connectivity index is 1.83. The van der Waals surface area contributed by atoms with Crippen molar-refractivity contribution >= 4 is 28.2 Å². The van der Waals surface area contributed by atoms with Crippen molar-refractivity contribution in [3.8, 4) is 6.07 Å². The second kappa shape index (κ2) is 7.47. The SMILES string of the molecule is CC(C)(C)[C@@H]1CCc2c(sc(NC(=O)[C@@H]3CC=CC[C@@H]3C(=O)O)c2C#N)C1. The first kappa shape index (κ1) is 19.6. The molecule has 2 aliphatic carbocycles. The first-order chi connectivity index (χ1) is 12.7. The van der Waals surface area contributed by atoms with E-state index in [1.54, 1.807) is 0 Å². The van der Waals surface area contributed by atoms with Crippen LogP contribution in [0.15, 0.2) is 12.2 Å². The number of carboxylic acid groups (broad SMARTS) is 1. The molecule has 0 aliphatic heterocycles. The lowest BCUT2D eigenvalue weighted by Crippen LogP contribution is -2.34. The van der Waals surface area contributed by atoms with Crippen LogP contribution in [0.2, 0.25) is 0 Å². The highest BCUT2D eigenvalue weighted by Gasteiger charge is 2.36. The number of carbonyl (C=O) groups is 2. The molecule has 144 valence electrons. The molecule has 2 aliphatic rings. The summed E-state index contributed by atoms with van der Waals surface area (Å²) in [5.41, 5.74) is 1.84. The van der Waals surface area contributed by atoms with Crippen LogP contribution in [0.3, 0.4) is 0 Å². The van der Waals surface area contributed by atoms with Gasteiger partial charge in [0.15, 0.2) is 0 Å². The summed E-state index contributed by atoms with van der Waals surface area (Å²) in [6, 6.07) is 2.26. The van der Waals surface area contributed by atoms with Crippen molar-refractivity contribution < 1.29 is 14.7 Å². The summed E-state index contributed by atoms with van der Waals surface area (Å²) in [6.45, 7) is 6.73. The molecule has 0 radical (unpaired) electrons. The highest BCUT2D eigenvalue weighted by atomic mass is 32.1. The van der Waals surface area contributed by atoms with Crippen LogP contribution in [-0.2, 0) is 22.4 Å². The molecule has 5 nitrogen and oxygen atoms in total. The summed E-state index contributed by atoms with van der Waals surface area (Å²) in [5, 5.41) is 22.5. The van der Waals surface area contributed by atoms with Gasteiger partial charge in [-0.3, -0.25) is 9.59 Å². The standard InChI is InChI=1S/C21H26N2O3S/c1-21(2,3)12-8-9-13-16(11-22)19(27-17(13)10-12)23-18(24)14-6-4-5-7-15(14)20(25)26/h4-5,12,14-15H,6-10H2,1-3H3,(H,23,24)(H,25,26)/t12-,14-,15+/m1/s1. The number of nitrogens with zero attached hydrogens (tertiary/aromatic N) is 1. The van der Waals surface area contributed by atoms with Gasteiger partial charge < -0.3 is 10.4 Å². The summed E-state index contributed by atoms with van der Waals surface area (Å²) in [6.07, 6.45) is 7.30. The first-order valence-corrected chi connectivity index (χ1v) is 10.3. The Kier molecular flexibility index (Phi) is 5.43. The number of nitriles is 1. The predicted octanol–water partition coefficient (Wildman–Crippen LogP) is 4.38. The maximum absolute atomic E-state index is 12.8. The minimum Gasteiger partial charge on any atom is -0.481 e. The van der Waals surface area contributed by atoms with Crippen molar-refractivity contribution in [2.24, 2.45) is 23.2 Å². The van der Waals surface area contributed by atoms with Crippen LogP contribution in [-0.4, -0.2) is 17.0 Å². The quantitative estimate of drug-likeness (QED) is 0.755. The zero-order valence-corrected chi connectivity index (χ0v) is 16.9. The zero-order chi connectivity index (χ0) is 19.8. The molecule has 0 fully saturated rings. The van der Waals surface area contributed by atoms with E-state index in [9.17, 15) is 20.0 Å². The average Bonchev–Trinajstić information content (AvgIpc) is 2.96. The van der Waals surface area contributed by atoms with E-state index in [4.69, 9.17) is 0 Å². The molecule has 0 spiro atoms. The fraction of sp³-hybridized carbons (Fsp3) is 0.571. The maximum Gasteiger partial charge on any atom is 0.307 e. The number of anilines is 1. The minimum atomic E-state index is -0.946. The molecule has 0 unspecified atom stereocenters. The lowest BCUT2D eigenvalue weighted by Gasteiger charge is -2.33. The van der Waals surface area contributed by atoms with Gasteiger partial charge in [-0.25, -0.2) is 0 Å². The van der Waals surface area contributed by atoms with Gasteiger partial charge in [-0.05, 0) is 49.0 Å². The Morgan fingerprint density at radius 1 is 1.26 bits per heavy atom. The van der Waals surface area contributed by atoms with Crippen LogP contribution in [0.1, 0.15) is 56.0 Å². The first-order valence-electron chi connectivity index (χ1n) is 9.45. The van der Waals surface area contributed by atoms with Crippen LogP contribution < -0.4 is 5.32 Å². The van der Waals surface area contributed by atoms with Gasteiger partial charge in [0.05, 0.1) is 17.4 Å². The van der Waals surface area contributed by atoms with Gasteiger partial charge >= 0.3 is 5.97 Å². The molecule has 1 aromatic heterocycles. The minimum absolute atomic E-state index is 0.209. The molecule has 1 aromatic rings. The van der Waals surface area contributed by atoms with E-state index in [1.165, 1.54) is 16.2 Å². The number of allylic oxidation sites excluding steroid dienone is 2. The number of thiophene rings is 1. The van der Waals surface area contributed by atoms with Crippen LogP contribution >= 0.6 is 11.3 Å². The molecular formula is C21H26N2O3S. The topological polar surface area (TPSA) is 90.2 Å². The molecule has 3 atom stereocenters. The lowest BCUT2D eigenvalue weighted by molar-refractivity contribution is -0.146. The summed E-state index contributed by atoms with van der Waals surface area (Å²) in [4.78, 5) is 25.4. The van der Waals surface area contributed by atoms with E-state index >= 15 is 0 Å². The van der Waals surface area contributed by atoms with Gasteiger partial charge in [-0.15, -0.1) is 11.3 Å². The van der Waals surface area contributed by atoms with Crippen LogP contribution in [0.4, 0.5) is 5.00 Å². The zero-order valence-electron chi connectivity index (χ0n) is 16.0. The Morgan fingerprint density at radius 3 is 2.52 bits per heavy atom. The normalized spacial score (nSPS) is 24.7. The molecule has 0 aromatic carbocycles. The smallest absolute Gasteiger partial charge is 0.307 e. The average molecular weight is 387 g/mol. The molecule has 0 saturated heterocycles. The van der Waals surface area contributed by atoms with E-state index in [2.05, 4.69) is 32.2 Å². The van der Waals surface area contributed by atoms with Crippen molar-refractivity contribution in [3.63, 3.8) is 0 Å². The molecule has 0 saturated carbocycles. The largest absolute Gasteiger partial charge is 0.481 e. The fourth-order valence-corrected chi connectivity index (χ4v) is 5.39. The number of nitrogens with one attached hydrogen (secondary N) is 1. The highest BCUT2D eigenvalue weighted by Crippen LogP contribution is 2.44. The number of fused-ring (bicyclic) bond motifs is 1. The Labute approximate surface area is 164 Å². The van der Waals surface area contributed by atoms with Crippen molar-refractivity contribution in [1.29, 1.82) is 5.26 Å². The van der Waals surface area contributed by atoms with Crippen LogP contribution in [0, 0.1) is 34.5 Å². The van der Waals surface area contributed by atoms with Gasteiger partial charge in [-0.2, -0.15) is 5.26 Å². The Hall–Kier alpha value is -2.13. The van der Waals surface area contributed by atoms with E-state index in [-0.39, 0.29) is 11.3 Å². The third-order valence-corrected chi connectivity index (χ3v) is 7.09. The number of hydrogen-bond acceptors (Lipinski definition) is 4. The number of carboxylic acids is 1. The molecule has 1 heterocycles. The van der Waals surface area contributed by atoms with Gasteiger partial charge in [-0.1, -0.05) is 32.9 Å². The number of rotatable bonds is 3. The summed E-state index contributed by atoms with van der Waals surface area (Å²) >= 11 is 1.49. The fourth-order valence-electron chi connectivity index (χ4n) is 4.11. The monoisotopic (exact) mass is 386 g/mol. The third-order valence-electron chi connectivity index (χ3n) is 5.92. The molecule has 0 bridgehead atoms. The number of hydrogen-bond donors (Lipinski definition) is 2. The van der Waals surface area contributed by atoms with Crippen LogP contribution in [0.25, 0.3) is 0 Å². The third kappa shape index (κ3) is 3.93. The number of carbonyl (C=O) groups excluding carboxylic acids is 1. The maximum atomic E-state index is 12.8. The second-order valence-electron chi connectivity index (χ2n) is 8.61. The summed E-state index contributed by atoms with van der Waals surface area (Å²) in [7, 11) is 0. The number of aliphatic carboxylic acids is 1. The van der Waals surface area contributed by atoms with E-state index in [0.717, 1.165) is 24.8 Å². The van der Waals surface area contributed by atoms with Crippen molar-refractivity contribution in [3.05, 3.63) is 28.2 Å². The van der Waals surface area contributed by atoms with Gasteiger partial charge in [0, 0.05) is 4.88 Å². The van der Waals surface area contributed by atoms with Crippen molar-refractivity contribution in [2.45, 2.75) is 52.9 Å². The van der Waals surface area contributed by atoms with E-state index in [0.29, 0.717) is 29.3 Å². The van der Waals surface area contributed by atoms with E-state index < -0.39 is 17.8 Å². The predicted molar refractivity (Wildman–Crippen MR) is 106 cm³/mol. The molecule has 6 heteroatoms. The molecule has 1 amide bonds. The summed E-state index contributed by atoms with van der Waals surface area (Å²) in [5.74, 6) is -1.99. The van der Waals surface area contributed by atoms with Gasteiger partial charge in [0.1, 0.15) is 11.1 Å². The molecular weight excluding hydrogens is 360 g/mol. The van der Waals surface area contributed by atoms with Crippen LogP contribution in [0.5, 0.6) is 0 Å².